The lowest BCUT2D eigenvalue weighted by atomic mass is 10.1. The Kier molecular flexibility index (Phi) is 5.06. The molecule has 1 saturated heterocycles. The van der Waals surface area contributed by atoms with Gasteiger partial charge >= 0.3 is 6.03 Å². The van der Waals surface area contributed by atoms with Crippen molar-refractivity contribution in [3.8, 4) is 5.75 Å². The number of hydrogen-bond acceptors (Lipinski definition) is 6. The van der Waals surface area contributed by atoms with Gasteiger partial charge < -0.3 is 24.8 Å². The summed E-state index contributed by atoms with van der Waals surface area (Å²) in [6.45, 7) is 2.83. The number of amides is 3. The molecule has 1 atom stereocenters. The fourth-order valence-electron chi connectivity index (χ4n) is 2.91. The number of ether oxygens (including phenoxy) is 1. The van der Waals surface area contributed by atoms with E-state index in [1.807, 2.05) is 0 Å². The fourth-order valence-corrected chi connectivity index (χ4v) is 2.91. The van der Waals surface area contributed by atoms with Crippen molar-refractivity contribution in [2.75, 3.05) is 32.6 Å². The van der Waals surface area contributed by atoms with Crippen LogP contribution in [0.5, 0.6) is 5.75 Å². The second-order valence-electron chi connectivity index (χ2n) is 6.04. The number of urea groups is 1. The highest BCUT2D eigenvalue weighted by Gasteiger charge is 2.31. The summed E-state index contributed by atoms with van der Waals surface area (Å²) < 4.78 is 10.5. The first-order chi connectivity index (χ1) is 12.5. The van der Waals surface area contributed by atoms with Gasteiger partial charge in [0.25, 0.3) is 5.91 Å². The average molecular weight is 359 g/mol. The Labute approximate surface area is 150 Å². The summed E-state index contributed by atoms with van der Waals surface area (Å²) in [7, 11) is 3.06. The quantitative estimate of drug-likeness (QED) is 0.861. The van der Waals surface area contributed by atoms with Crippen LogP contribution in [0.4, 0.5) is 10.5 Å². The molecule has 1 aliphatic heterocycles. The van der Waals surface area contributed by atoms with Gasteiger partial charge in [-0.05, 0) is 31.5 Å². The first kappa shape index (κ1) is 17.7. The SMILES string of the molecule is CNC(=O)c1ccc(OC)c(NC(=O)N2CCC(c3nc(C)no3)C2)c1. The molecule has 3 amide bonds. The van der Waals surface area contributed by atoms with E-state index >= 15 is 0 Å². The van der Waals surface area contributed by atoms with Crippen molar-refractivity contribution in [1.82, 2.24) is 20.4 Å². The van der Waals surface area contributed by atoms with Crippen LogP contribution in [-0.4, -0.2) is 54.2 Å². The van der Waals surface area contributed by atoms with Gasteiger partial charge in [-0.2, -0.15) is 4.98 Å². The molecule has 2 N–H and O–H groups in total. The lowest BCUT2D eigenvalue weighted by molar-refractivity contribution is 0.0963. The number of carbonyl (C=O) groups is 2. The molecule has 9 heteroatoms. The fraction of sp³-hybridized carbons (Fsp3) is 0.412. The van der Waals surface area contributed by atoms with Gasteiger partial charge in [-0.1, -0.05) is 5.16 Å². The maximum Gasteiger partial charge on any atom is 0.321 e. The van der Waals surface area contributed by atoms with E-state index in [0.717, 1.165) is 6.42 Å². The van der Waals surface area contributed by atoms with Crippen LogP contribution in [0, 0.1) is 6.92 Å². The summed E-state index contributed by atoms with van der Waals surface area (Å²) in [4.78, 5) is 30.3. The maximum absolute atomic E-state index is 12.6. The van der Waals surface area contributed by atoms with Crippen molar-refractivity contribution in [2.24, 2.45) is 0 Å². The molecule has 1 aromatic heterocycles. The zero-order valence-corrected chi connectivity index (χ0v) is 14.9. The van der Waals surface area contributed by atoms with Crippen molar-refractivity contribution >= 4 is 17.6 Å². The number of nitrogens with one attached hydrogen (secondary N) is 2. The normalized spacial score (nSPS) is 16.4. The molecule has 26 heavy (non-hydrogen) atoms. The van der Waals surface area contributed by atoms with Crippen LogP contribution in [0.2, 0.25) is 0 Å². The number of hydrogen-bond donors (Lipinski definition) is 2. The molecule has 2 heterocycles. The number of aromatic nitrogens is 2. The Morgan fingerprint density at radius 1 is 1.38 bits per heavy atom. The number of carbonyl (C=O) groups excluding carboxylic acids is 2. The Balaban J connectivity index is 1.70. The first-order valence-electron chi connectivity index (χ1n) is 8.28. The highest BCUT2D eigenvalue weighted by Crippen LogP contribution is 2.29. The zero-order valence-electron chi connectivity index (χ0n) is 14.9. The van der Waals surface area contributed by atoms with Crippen molar-refractivity contribution in [1.29, 1.82) is 0 Å². The Hall–Kier alpha value is -3.10. The summed E-state index contributed by atoms with van der Waals surface area (Å²) in [6, 6.07) is 4.60. The number of rotatable bonds is 4. The monoisotopic (exact) mass is 359 g/mol. The number of anilines is 1. The van der Waals surface area contributed by atoms with Gasteiger partial charge in [-0.25, -0.2) is 4.79 Å². The second kappa shape index (κ2) is 7.42. The van der Waals surface area contributed by atoms with Crippen LogP contribution in [0.1, 0.15) is 34.4 Å². The van der Waals surface area contributed by atoms with Gasteiger partial charge in [0.1, 0.15) is 5.75 Å². The predicted octanol–water partition coefficient (Wildman–Crippen LogP) is 1.77. The third-order valence-electron chi connectivity index (χ3n) is 4.30. The Bertz CT molecular complexity index is 819. The molecule has 0 saturated carbocycles. The highest BCUT2D eigenvalue weighted by molar-refractivity contribution is 5.98. The molecular formula is C17H21N5O4. The molecule has 2 aromatic rings. The zero-order chi connectivity index (χ0) is 18.7. The van der Waals surface area contributed by atoms with Gasteiger partial charge in [-0.3, -0.25) is 4.79 Å². The standard InChI is InChI=1S/C17H21N5O4/c1-10-19-16(26-21-10)12-6-7-22(9-12)17(24)20-13-8-11(15(23)18-2)4-5-14(13)25-3/h4-5,8,12H,6-7,9H2,1-3H3,(H,18,23)(H,20,24). The number of likely N-dealkylation sites (tertiary alicyclic amines) is 1. The van der Waals surface area contributed by atoms with Gasteiger partial charge in [0.2, 0.25) is 5.89 Å². The van der Waals surface area contributed by atoms with Crippen LogP contribution < -0.4 is 15.4 Å². The van der Waals surface area contributed by atoms with E-state index in [4.69, 9.17) is 9.26 Å². The van der Waals surface area contributed by atoms with Crippen LogP contribution >= 0.6 is 0 Å². The van der Waals surface area contributed by atoms with Crippen LogP contribution in [0.25, 0.3) is 0 Å². The van der Waals surface area contributed by atoms with Crippen molar-refractivity contribution in [3.63, 3.8) is 0 Å². The van der Waals surface area contributed by atoms with Gasteiger partial charge in [0.05, 0.1) is 18.7 Å². The molecule has 1 aliphatic rings. The minimum Gasteiger partial charge on any atom is -0.495 e. The lowest BCUT2D eigenvalue weighted by Crippen LogP contribution is -2.33. The third kappa shape index (κ3) is 3.61. The second-order valence-corrected chi connectivity index (χ2v) is 6.04. The van der Waals surface area contributed by atoms with Gasteiger partial charge in [0, 0.05) is 25.7 Å². The van der Waals surface area contributed by atoms with E-state index in [0.29, 0.717) is 41.8 Å². The summed E-state index contributed by atoms with van der Waals surface area (Å²) >= 11 is 0. The predicted molar refractivity (Wildman–Crippen MR) is 93.4 cm³/mol. The number of methoxy groups -OCH3 is 1. The van der Waals surface area contributed by atoms with E-state index in [1.165, 1.54) is 7.11 Å². The van der Waals surface area contributed by atoms with Gasteiger partial charge in [-0.15, -0.1) is 0 Å². The number of benzene rings is 1. The molecule has 1 unspecified atom stereocenters. The minimum atomic E-state index is -0.268. The van der Waals surface area contributed by atoms with Crippen molar-refractivity contribution in [2.45, 2.75) is 19.3 Å². The molecule has 0 aliphatic carbocycles. The molecule has 0 radical (unpaired) electrons. The smallest absolute Gasteiger partial charge is 0.321 e. The molecular weight excluding hydrogens is 338 g/mol. The van der Waals surface area contributed by atoms with Gasteiger partial charge in [0.15, 0.2) is 5.82 Å². The summed E-state index contributed by atoms with van der Waals surface area (Å²) in [5, 5.41) is 9.17. The van der Waals surface area contributed by atoms with Crippen LogP contribution in [-0.2, 0) is 0 Å². The number of nitrogens with zero attached hydrogens (tertiary/aromatic N) is 3. The molecule has 138 valence electrons. The molecule has 9 nitrogen and oxygen atoms in total. The van der Waals surface area contributed by atoms with E-state index in [9.17, 15) is 9.59 Å². The lowest BCUT2D eigenvalue weighted by Gasteiger charge is -2.18. The Morgan fingerprint density at radius 2 is 2.19 bits per heavy atom. The molecule has 3 rings (SSSR count). The first-order valence-corrected chi connectivity index (χ1v) is 8.28. The number of aryl methyl sites for hydroxylation is 1. The molecule has 0 spiro atoms. The minimum absolute atomic E-state index is 0.0287. The molecule has 1 aromatic carbocycles. The Morgan fingerprint density at radius 3 is 2.85 bits per heavy atom. The summed E-state index contributed by atoms with van der Waals surface area (Å²) in [5.74, 6) is 1.40. The largest absolute Gasteiger partial charge is 0.495 e. The highest BCUT2D eigenvalue weighted by atomic mass is 16.5. The maximum atomic E-state index is 12.6. The van der Waals surface area contributed by atoms with E-state index in [-0.39, 0.29) is 17.9 Å². The average Bonchev–Trinajstić information content (AvgIpc) is 3.30. The summed E-state index contributed by atoms with van der Waals surface area (Å²) in [5.41, 5.74) is 0.875. The van der Waals surface area contributed by atoms with Crippen molar-refractivity contribution in [3.05, 3.63) is 35.5 Å². The topological polar surface area (TPSA) is 110 Å². The summed E-state index contributed by atoms with van der Waals surface area (Å²) in [6.07, 6.45) is 0.754. The van der Waals surface area contributed by atoms with Crippen molar-refractivity contribution < 1.29 is 18.8 Å². The van der Waals surface area contributed by atoms with E-state index in [1.54, 1.807) is 37.1 Å². The van der Waals surface area contributed by atoms with Crippen LogP contribution in [0.3, 0.4) is 0 Å². The van der Waals surface area contributed by atoms with Crippen LogP contribution in [0.15, 0.2) is 22.7 Å². The molecule has 0 bridgehead atoms. The third-order valence-corrected chi connectivity index (χ3v) is 4.30. The molecule has 1 fully saturated rings. The van der Waals surface area contributed by atoms with E-state index < -0.39 is 0 Å². The van der Waals surface area contributed by atoms with E-state index in [2.05, 4.69) is 20.8 Å².